The Morgan fingerprint density at radius 3 is 2.62 bits per heavy atom. The summed E-state index contributed by atoms with van der Waals surface area (Å²) in [4.78, 5) is 4.28. The molecule has 0 unspecified atom stereocenters. The lowest BCUT2D eigenvalue weighted by Gasteiger charge is -2.09. The summed E-state index contributed by atoms with van der Waals surface area (Å²) >= 11 is 1.66. The molecule has 0 amide bonds. The van der Waals surface area contributed by atoms with Crippen LogP contribution < -0.4 is 5.32 Å². The third-order valence-corrected chi connectivity index (χ3v) is 3.74. The SMILES string of the molecule is c1ccc2c(c1)CC(NCc1cscn1)C2. The number of hydrogen-bond donors (Lipinski definition) is 1. The first-order valence-corrected chi connectivity index (χ1v) is 6.53. The zero-order valence-corrected chi connectivity index (χ0v) is 9.83. The van der Waals surface area contributed by atoms with E-state index in [1.165, 1.54) is 11.1 Å². The van der Waals surface area contributed by atoms with E-state index in [-0.39, 0.29) is 0 Å². The highest BCUT2D eigenvalue weighted by Gasteiger charge is 2.20. The molecule has 16 heavy (non-hydrogen) atoms. The van der Waals surface area contributed by atoms with Crippen molar-refractivity contribution in [2.45, 2.75) is 25.4 Å². The Hall–Kier alpha value is -1.19. The predicted octanol–water partition coefficient (Wildman–Crippen LogP) is 2.40. The minimum absolute atomic E-state index is 0.582. The van der Waals surface area contributed by atoms with Gasteiger partial charge >= 0.3 is 0 Å². The number of nitrogens with zero attached hydrogens (tertiary/aromatic N) is 1. The van der Waals surface area contributed by atoms with Gasteiger partial charge in [-0.25, -0.2) is 4.98 Å². The summed E-state index contributed by atoms with van der Waals surface area (Å²) in [6, 6.07) is 9.31. The van der Waals surface area contributed by atoms with Crippen molar-refractivity contribution in [2.24, 2.45) is 0 Å². The van der Waals surface area contributed by atoms with Crippen molar-refractivity contribution in [3.63, 3.8) is 0 Å². The van der Waals surface area contributed by atoms with Gasteiger partial charge in [0.2, 0.25) is 0 Å². The fourth-order valence-electron chi connectivity index (χ4n) is 2.28. The molecular weight excluding hydrogens is 216 g/mol. The Labute approximate surface area is 99.4 Å². The first kappa shape index (κ1) is 10.00. The highest BCUT2D eigenvalue weighted by atomic mass is 32.1. The lowest BCUT2D eigenvalue weighted by atomic mass is 10.1. The van der Waals surface area contributed by atoms with Crippen molar-refractivity contribution in [1.82, 2.24) is 10.3 Å². The van der Waals surface area contributed by atoms with Crippen LogP contribution in [0.5, 0.6) is 0 Å². The molecule has 1 aliphatic rings. The van der Waals surface area contributed by atoms with Gasteiger partial charge in [0, 0.05) is 18.0 Å². The summed E-state index contributed by atoms with van der Waals surface area (Å²) in [5, 5.41) is 5.68. The molecule has 0 atom stereocenters. The Kier molecular flexibility index (Phi) is 2.72. The van der Waals surface area contributed by atoms with Crippen LogP contribution in [0.15, 0.2) is 35.2 Å². The van der Waals surface area contributed by atoms with Gasteiger partial charge in [0.25, 0.3) is 0 Å². The van der Waals surface area contributed by atoms with Crippen molar-refractivity contribution < 1.29 is 0 Å². The van der Waals surface area contributed by atoms with Crippen LogP contribution in [0.4, 0.5) is 0 Å². The molecule has 1 aromatic carbocycles. The second-order valence-corrected chi connectivity index (χ2v) is 4.95. The molecule has 1 N–H and O–H groups in total. The molecule has 0 spiro atoms. The molecular formula is C13H14N2S. The van der Waals surface area contributed by atoms with E-state index in [9.17, 15) is 0 Å². The third kappa shape index (κ3) is 2.01. The van der Waals surface area contributed by atoms with E-state index in [4.69, 9.17) is 0 Å². The van der Waals surface area contributed by atoms with Crippen LogP contribution in [0.1, 0.15) is 16.8 Å². The predicted molar refractivity (Wildman–Crippen MR) is 66.6 cm³/mol. The van der Waals surface area contributed by atoms with E-state index in [1.807, 2.05) is 5.51 Å². The molecule has 1 aromatic heterocycles. The molecule has 1 heterocycles. The van der Waals surface area contributed by atoms with Gasteiger partial charge in [-0.1, -0.05) is 24.3 Å². The van der Waals surface area contributed by atoms with Crippen molar-refractivity contribution in [1.29, 1.82) is 0 Å². The van der Waals surface area contributed by atoms with E-state index in [0.717, 1.165) is 25.1 Å². The van der Waals surface area contributed by atoms with Gasteiger partial charge in [-0.05, 0) is 24.0 Å². The standard InChI is InChI=1S/C13H14N2S/c1-2-4-11-6-12(5-10(11)3-1)14-7-13-8-16-9-15-13/h1-4,8-9,12,14H,5-7H2. The number of hydrogen-bond acceptors (Lipinski definition) is 3. The number of fused-ring (bicyclic) bond motifs is 1. The Bertz CT molecular complexity index is 440. The molecule has 0 aliphatic heterocycles. The smallest absolute Gasteiger partial charge is 0.0795 e. The number of rotatable bonds is 3. The zero-order chi connectivity index (χ0) is 10.8. The molecule has 3 heteroatoms. The number of nitrogens with one attached hydrogen (secondary N) is 1. The van der Waals surface area contributed by atoms with Gasteiger partial charge in [-0.3, -0.25) is 0 Å². The van der Waals surface area contributed by atoms with Gasteiger partial charge in [-0.15, -0.1) is 11.3 Å². The quantitative estimate of drug-likeness (QED) is 0.876. The summed E-state index contributed by atoms with van der Waals surface area (Å²) in [5.74, 6) is 0. The van der Waals surface area contributed by atoms with Crippen LogP contribution in [0.25, 0.3) is 0 Å². The summed E-state index contributed by atoms with van der Waals surface area (Å²) in [6.45, 7) is 0.891. The van der Waals surface area contributed by atoms with Gasteiger partial charge in [0.15, 0.2) is 0 Å². The summed E-state index contributed by atoms with van der Waals surface area (Å²) in [6.07, 6.45) is 2.31. The molecule has 0 bridgehead atoms. The maximum atomic E-state index is 4.28. The molecule has 0 saturated carbocycles. The van der Waals surface area contributed by atoms with Gasteiger partial charge in [-0.2, -0.15) is 0 Å². The Morgan fingerprint density at radius 2 is 2.00 bits per heavy atom. The topological polar surface area (TPSA) is 24.9 Å². The van der Waals surface area contributed by atoms with Gasteiger partial charge < -0.3 is 5.32 Å². The summed E-state index contributed by atoms with van der Waals surface area (Å²) in [5.41, 5.74) is 6.04. The second kappa shape index (κ2) is 4.36. The fraction of sp³-hybridized carbons (Fsp3) is 0.308. The largest absolute Gasteiger partial charge is 0.308 e. The van der Waals surface area contributed by atoms with Crippen LogP contribution in [0.2, 0.25) is 0 Å². The first-order valence-electron chi connectivity index (χ1n) is 5.59. The van der Waals surface area contributed by atoms with Crippen molar-refractivity contribution >= 4 is 11.3 Å². The van der Waals surface area contributed by atoms with Crippen LogP contribution in [0, 0.1) is 0 Å². The molecule has 3 rings (SSSR count). The molecule has 0 fully saturated rings. The molecule has 2 aromatic rings. The van der Waals surface area contributed by atoms with E-state index in [2.05, 4.69) is 39.9 Å². The summed E-state index contributed by atoms with van der Waals surface area (Å²) in [7, 11) is 0. The van der Waals surface area contributed by atoms with Crippen LogP contribution in [0.3, 0.4) is 0 Å². The molecule has 0 radical (unpaired) electrons. The van der Waals surface area contributed by atoms with E-state index in [0.29, 0.717) is 6.04 Å². The monoisotopic (exact) mass is 230 g/mol. The minimum Gasteiger partial charge on any atom is -0.308 e. The first-order chi connectivity index (χ1) is 7.92. The normalized spacial score (nSPS) is 15.2. The maximum Gasteiger partial charge on any atom is 0.0795 e. The van der Waals surface area contributed by atoms with Crippen molar-refractivity contribution in [3.8, 4) is 0 Å². The molecule has 1 aliphatic carbocycles. The number of benzene rings is 1. The molecule has 82 valence electrons. The molecule has 0 saturated heterocycles. The zero-order valence-electron chi connectivity index (χ0n) is 9.02. The van der Waals surface area contributed by atoms with Crippen LogP contribution in [-0.4, -0.2) is 11.0 Å². The van der Waals surface area contributed by atoms with E-state index < -0.39 is 0 Å². The minimum atomic E-state index is 0.582. The Morgan fingerprint density at radius 1 is 1.25 bits per heavy atom. The highest BCUT2D eigenvalue weighted by Crippen LogP contribution is 2.21. The van der Waals surface area contributed by atoms with Crippen LogP contribution in [-0.2, 0) is 19.4 Å². The lowest BCUT2D eigenvalue weighted by Crippen LogP contribution is -2.29. The Balaban J connectivity index is 1.60. The number of thiazole rings is 1. The fourth-order valence-corrected chi connectivity index (χ4v) is 2.84. The molecule has 2 nitrogen and oxygen atoms in total. The van der Waals surface area contributed by atoms with Crippen molar-refractivity contribution in [3.05, 3.63) is 52.0 Å². The second-order valence-electron chi connectivity index (χ2n) is 4.23. The number of aromatic nitrogens is 1. The van der Waals surface area contributed by atoms with E-state index in [1.54, 1.807) is 11.3 Å². The van der Waals surface area contributed by atoms with Gasteiger partial charge in [0.1, 0.15) is 0 Å². The highest BCUT2D eigenvalue weighted by molar-refractivity contribution is 7.07. The van der Waals surface area contributed by atoms with E-state index >= 15 is 0 Å². The van der Waals surface area contributed by atoms with Crippen LogP contribution >= 0.6 is 11.3 Å². The average Bonchev–Trinajstić information content (AvgIpc) is 2.95. The van der Waals surface area contributed by atoms with Crippen molar-refractivity contribution in [2.75, 3.05) is 0 Å². The third-order valence-electron chi connectivity index (χ3n) is 3.11. The lowest BCUT2D eigenvalue weighted by molar-refractivity contribution is 0.529. The van der Waals surface area contributed by atoms with Gasteiger partial charge in [0.05, 0.1) is 11.2 Å². The summed E-state index contributed by atoms with van der Waals surface area (Å²) < 4.78 is 0. The average molecular weight is 230 g/mol. The maximum absolute atomic E-state index is 4.28.